The Kier molecular flexibility index (Phi) is 5.32. The van der Waals surface area contributed by atoms with Crippen LogP contribution >= 0.6 is 12.4 Å². The summed E-state index contributed by atoms with van der Waals surface area (Å²) in [6.45, 7) is 5.17. The number of carbonyl (C=O) groups excluding carboxylic acids is 1. The maximum absolute atomic E-state index is 12.8. The van der Waals surface area contributed by atoms with E-state index >= 15 is 0 Å². The van der Waals surface area contributed by atoms with Crippen molar-refractivity contribution in [2.24, 2.45) is 0 Å². The van der Waals surface area contributed by atoms with E-state index in [1.165, 1.54) is 11.1 Å². The monoisotopic (exact) mass is 330 g/mol. The van der Waals surface area contributed by atoms with Crippen LogP contribution < -0.4 is 10.6 Å². The lowest BCUT2D eigenvalue weighted by Crippen LogP contribution is -2.35. The molecule has 0 spiro atoms. The van der Waals surface area contributed by atoms with Gasteiger partial charge in [-0.05, 0) is 60.2 Å². The number of hydrogen-bond acceptors (Lipinski definition) is 2. The summed E-state index contributed by atoms with van der Waals surface area (Å²) in [6.07, 6.45) is 2.05. The summed E-state index contributed by atoms with van der Waals surface area (Å²) >= 11 is 0. The summed E-state index contributed by atoms with van der Waals surface area (Å²) in [4.78, 5) is 14.7. The minimum Gasteiger partial charge on any atom is -0.399 e. The van der Waals surface area contributed by atoms with Crippen LogP contribution in [0.2, 0.25) is 0 Å². The molecule has 0 saturated carbocycles. The third-order valence-corrected chi connectivity index (χ3v) is 4.29. The smallest absolute Gasteiger partial charge is 0.258 e. The number of nitrogens with two attached hydrogens (primary N) is 1. The van der Waals surface area contributed by atoms with Crippen molar-refractivity contribution in [1.82, 2.24) is 0 Å². The zero-order valence-electron chi connectivity index (χ0n) is 13.6. The minimum atomic E-state index is 0. The largest absolute Gasteiger partial charge is 0.399 e. The fourth-order valence-electron chi connectivity index (χ4n) is 2.97. The van der Waals surface area contributed by atoms with E-state index in [0.29, 0.717) is 17.2 Å². The van der Waals surface area contributed by atoms with E-state index in [-0.39, 0.29) is 18.3 Å². The molecular formula is C19H23ClN2O. The van der Waals surface area contributed by atoms with Crippen LogP contribution in [0.25, 0.3) is 0 Å². The van der Waals surface area contributed by atoms with Crippen molar-refractivity contribution in [3.63, 3.8) is 0 Å². The highest BCUT2D eigenvalue weighted by atomic mass is 35.5. The van der Waals surface area contributed by atoms with Crippen LogP contribution in [-0.4, -0.2) is 12.5 Å². The van der Waals surface area contributed by atoms with E-state index in [9.17, 15) is 4.79 Å². The Bertz CT molecular complexity index is 695. The molecule has 122 valence electrons. The van der Waals surface area contributed by atoms with Crippen LogP contribution in [0.1, 0.15) is 47.7 Å². The number of rotatable bonds is 2. The molecule has 0 atom stereocenters. The Morgan fingerprint density at radius 2 is 1.83 bits per heavy atom. The molecule has 0 fully saturated rings. The van der Waals surface area contributed by atoms with E-state index in [4.69, 9.17) is 5.73 Å². The number of hydrogen-bond donors (Lipinski definition) is 1. The molecule has 0 unspecified atom stereocenters. The van der Waals surface area contributed by atoms with Gasteiger partial charge < -0.3 is 10.6 Å². The van der Waals surface area contributed by atoms with Crippen LogP contribution in [0.5, 0.6) is 0 Å². The lowest BCUT2D eigenvalue weighted by molar-refractivity contribution is 0.0985. The molecule has 2 aromatic carbocycles. The van der Waals surface area contributed by atoms with Crippen molar-refractivity contribution < 1.29 is 4.79 Å². The third-order valence-electron chi connectivity index (χ3n) is 4.29. The van der Waals surface area contributed by atoms with E-state index in [0.717, 1.165) is 25.1 Å². The van der Waals surface area contributed by atoms with Crippen molar-refractivity contribution in [3.8, 4) is 0 Å². The summed E-state index contributed by atoms with van der Waals surface area (Å²) in [7, 11) is 0. The summed E-state index contributed by atoms with van der Waals surface area (Å²) < 4.78 is 0. The van der Waals surface area contributed by atoms with E-state index in [1.807, 2.05) is 4.90 Å². The highest BCUT2D eigenvalue weighted by molar-refractivity contribution is 6.06. The van der Waals surface area contributed by atoms with Gasteiger partial charge in [0.15, 0.2) is 0 Å². The summed E-state index contributed by atoms with van der Waals surface area (Å²) in [6, 6.07) is 13.6. The first-order valence-corrected chi connectivity index (χ1v) is 7.86. The second-order valence-corrected chi connectivity index (χ2v) is 6.23. The topological polar surface area (TPSA) is 46.3 Å². The fourth-order valence-corrected chi connectivity index (χ4v) is 2.97. The molecule has 4 heteroatoms. The minimum absolute atomic E-state index is 0. The van der Waals surface area contributed by atoms with Gasteiger partial charge in [-0.1, -0.05) is 26.0 Å². The lowest BCUT2D eigenvalue weighted by Gasteiger charge is -2.30. The van der Waals surface area contributed by atoms with Crippen molar-refractivity contribution in [3.05, 3.63) is 59.2 Å². The standard InChI is InChI=1S/C19H22N2O.ClH/c1-13(2)15-7-10-18-16(12-15)4-3-11-21(18)19(22)14-5-8-17(20)9-6-14;/h5-10,12-13H,3-4,11,20H2,1-2H3;1H. The van der Waals surface area contributed by atoms with Crippen LogP contribution in [0.15, 0.2) is 42.5 Å². The average Bonchev–Trinajstić information content (AvgIpc) is 2.53. The van der Waals surface area contributed by atoms with E-state index < -0.39 is 0 Å². The molecule has 0 aliphatic carbocycles. The zero-order valence-corrected chi connectivity index (χ0v) is 14.4. The summed E-state index contributed by atoms with van der Waals surface area (Å²) in [5.74, 6) is 0.562. The fraction of sp³-hybridized carbons (Fsp3) is 0.316. The molecule has 23 heavy (non-hydrogen) atoms. The second kappa shape index (κ2) is 7.05. The first kappa shape index (κ1) is 17.4. The molecule has 1 amide bonds. The highest BCUT2D eigenvalue weighted by Crippen LogP contribution is 2.31. The SMILES string of the molecule is CC(C)c1ccc2c(c1)CCCN2C(=O)c1ccc(N)cc1.Cl. The van der Waals surface area contributed by atoms with Gasteiger partial charge in [0.05, 0.1) is 0 Å². The van der Waals surface area contributed by atoms with Crippen LogP contribution in [0.3, 0.4) is 0 Å². The van der Waals surface area contributed by atoms with Gasteiger partial charge in [-0.3, -0.25) is 4.79 Å². The number of amides is 1. The van der Waals surface area contributed by atoms with Crippen LogP contribution in [-0.2, 0) is 6.42 Å². The Morgan fingerprint density at radius 3 is 2.48 bits per heavy atom. The second-order valence-electron chi connectivity index (χ2n) is 6.23. The van der Waals surface area contributed by atoms with Gasteiger partial charge in [-0.15, -0.1) is 12.4 Å². The molecule has 0 saturated heterocycles. The first-order valence-electron chi connectivity index (χ1n) is 7.86. The van der Waals surface area contributed by atoms with Gasteiger partial charge in [0.25, 0.3) is 5.91 Å². The van der Waals surface area contributed by atoms with Gasteiger partial charge >= 0.3 is 0 Å². The molecule has 3 nitrogen and oxygen atoms in total. The number of benzene rings is 2. The normalized spacial score (nSPS) is 13.4. The molecule has 2 aromatic rings. The Balaban J connectivity index is 0.00000192. The Hall–Kier alpha value is -2.00. The molecule has 1 aliphatic heterocycles. The lowest BCUT2D eigenvalue weighted by atomic mass is 9.94. The summed E-state index contributed by atoms with van der Waals surface area (Å²) in [5, 5.41) is 0. The maximum Gasteiger partial charge on any atom is 0.258 e. The van der Waals surface area contributed by atoms with Crippen LogP contribution in [0.4, 0.5) is 11.4 Å². The third kappa shape index (κ3) is 3.50. The number of nitrogens with zero attached hydrogens (tertiary/aromatic N) is 1. The molecular weight excluding hydrogens is 308 g/mol. The maximum atomic E-state index is 12.8. The molecule has 1 aliphatic rings. The molecule has 0 aromatic heterocycles. The predicted molar refractivity (Wildman–Crippen MR) is 98.6 cm³/mol. The number of fused-ring (bicyclic) bond motifs is 1. The van der Waals surface area contributed by atoms with Crippen molar-refractivity contribution in [2.45, 2.75) is 32.6 Å². The van der Waals surface area contributed by atoms with Gasteiger partial charge in [0.1, 0.15) is 0 Å². The Labute approximate surface area is 143 Å². The molecule has 2 N–H and O–H groups in total. The van der Waals surface area contributed by atoms with Crippen molar-refractivity contribution >= 4 is 29.7 Å². The van der Waals surface area contributed by atoms with Crippen LogP contribution in [0, 0.1) is 0 Å². The molecule has 0 bridgehead atoms. The molecule has 0 radical (unpaired) electrons. The predicted octanol–water partition coefficient (Wildman–Crippen LogP) is 4.41. The highest BCUT2D eigenvalue weighted by Gasteiger charge is 2.23. The Morgan fingerprint density at radius 1 is 1.13 bits per heavy atom. The quantitative estimate of drug-likeness (QED) is 0.829. The number of nitrogen functional groups attached to an aromatic ring is 1. The number of anilines is 2. The average molecular weight is 331 g/mol. The van der Waals surface area contributed by atoms with Gasteiger partial charge in [-0.2, -0.15) is 0 Å². The van der Waals surface area contributed by atoms with E-state index in [2.05, 4.69) is 32.0 Å². The van der Waals surface area contributed by atoms with Gasteiger partial charge in [0, 0.05) is 23.5 Å². The molecule has 1 heterocycles. The van der Waals surface area contributed by atoms with Crippen molar-refractivity contribution in [2.75, 3.05) is 17.2 Å². The number of halogens is 1. The number of aryl methyl sites for hydroxylation is 1. The number of carbonyl (C=O) groups is 1. The van der Waals surface area contributed by atoms with Crippen molar-refractivity contribution in [1.29, 1.82) is 0 Å². The van der Waals surface area contributed by atoms with Gasteiger partial charge in [0.2, 0.25) is 0 Å². The van der Waals surface area contributed by atoms with Gasteiger partial charge in [-0.25, -0.2) is 0 Å². The summed E-state index contributed by atoms with van der Waals surface area (Å²) in [5.41, 5.74) is 10.7. The zero-order chi connectivity index (χ0) is 15.7. The first-order chi connectivity index (χ1) is 10.6. The molecule has 3 rings (SSSR count). The van der Waals surface area contributed by atoms with E-state index in [1.54, 1.807) is 24.3 Å².